The molecule has 0 unspecified atom stereocenters. The van der Waals surface area contributed by atoms with E-state index in [0.717, 1.165) is 11.1 Å². The van der Waals surface area contributed by atoms with Crippen LogP contribution in [0.3, 0.4) is 0 Å². The minimum Gasteiger partial charge on any atom is -0.223 e. The summed E-state index contributed by atoms with van der Waals surface area (Å²) < 4.78 is 53.7. The fourth-order valence-electron chi connectivity index (χ4n) is 3.84. The van der Waals surface area contributed by atoms with Crippen molar-refractivity contribution in [1.82, 2.24) is 0 Å². The van der Waals surface area contributed by atoms with Crippen LogP contribution in [0.1, 0.15) is 11.1 Å². The second-order valence-electron chi connectivity index (χ2n) is 6.97. The smallest absolute Gasteiger partial charge is 0.182 e. The van der Waals surface area contributed by atoms with Crippen LogP contribution in [0.25, 0.3) is 0 Å². The number of fused-ring (bicyclic) bond motifs is 1. The Morgan fingerprint density at radius 2 is 0.821 bits per heavy atom. The molecule has 2 atom stereocenters. The quantitative estimate of drug-likeness (QED) is 0.658. The van der Waals surface area contributed by atoms with E-state index in [-0.39, 0.29) is 22.6 Å². The third-order valence-corrected chi connectivity index (χ3v) is 9.93. The Morgan fingerprint density at radius 1 is 0.500 bits per heavy atom. The van der Waals surface area contributed by atoms with Crippen LogP contribution in [-0.2, 0) is 32.5 Å². The lowest BCUT2D eigenvalue weighted by Gasteiger charge is -2.32. The molecule has 0 fully saturated rings. The highest BCUT2D eigenvalue weighted by Crippen LogP contribution is 2.35. The van der Waals surface area contributed by atoms with Gasteiger partial charge in [-0.15, -0.1) is 0 Å². The first-order valence-corrected chi connectivity index (χ1v) is 12.1. The summed E-state index contributed by atoms with van der Waals surface area (Å²) in [6.07, 6.45) is 0.369. The molecule has 1 aliphatic carbocycles. The van der Waals surface area contributed by atoms with Crippen LogP contribution in [0.2, 0.25) is 0 Å². The fraction of sp³-hybridized carbons (Fsp3) is 0.182. The van der Waals surface area contributed by atoms with Crippen molar-refractivity contribution in [2.24, 2.45) is 0 Å². The van der Waals surface area contributed by atoms with E-state index in [1.807, 2.05) is 24.3 Å². The van der Waals surface area contributed by atoms with Gasteiger partial charge in [0, 0.05) is 0 Å². The minimum atomic E-state index is -3.82. The molecule has 0 spiro atoms. The van der Waals surface area contributed by atoms with Crippen LogP contribution in [0.15, 0.2) is 94.7 Å². The molecule has 1 aliphatic rings. The van der Waals surface area contributed by atoms with Crippen molar-refractivity contribution in [1.29, 1.82) is 0 Å². The molecule has 0 bridgehead atoms. The summed E-state index contributed by atoms with van der Waals surface area (Å²) in [6, 6.07) is 23.7. The molecular weight excluding hydrogens is 392 g/mol. The maximum absolute atomic E-state index is 13.4. The van der Waals surface area contributed by atoms with Gasteiger partial charge in [-0.05, 0) is 48.2 Å². The molecule has 0 radical (unpaired) electrons. The van der Waals surface area contributed by atoms with Crippen molar-refractivity contribution in [3.05, 3.63) is 96.1 Å². The Labute approximate surface area is 165 Å². The Morgan fingerprint density at radius 3 is 1.18 bits per heavy atom. The lowest BCUT2D eigenvalue weighted by atomic mass is 9.91. The summed E-state index contributed by atoms with van der Waals surface area (Å²) in [7, 11) is -7.65. The van der Waals surface area contributed by atoms with Crippen molar-refractivity contribution >= 4 is 19.7 Å². The van der Waals surface area contributed by atoms with Gasteiger partial charge in [0.2, 0.25) is 0 Å². The summed E-state index contributed by atoms with van der Waals surface area (Å²) in [5, 5.41) is -2.06. The summed E-state index contributed by atoms with van der Waals surface area (Å²) in [5.41, 5.74) is 1.79. The number of benzene rings is 3. The standard InChI is InChI=1S/C22H20O4S2/c23-27(24,19-11-3-1-4-12-19)21-15-17-9-7-8-10-18(17)16-22(21)28(25,26)20-13-5-2-6-14-20/h1-14,21-22H,15-16H2/t21-,22-/m1/s1. The van der Waals surface area contributed by atoms with E-state index in [9.17, 15) is 16.8 Å². The molecular formula is C22H20O4S2. The zero-order chi connectivity index (χ0) is 19.8. The summed E-state index contributed by atoms with van der Waals surface area (Å²) in [4.78, 5) is 0.320. The third-order valence-electron chi connectivity index (χ3n) is 5.32. The molecule has 4 nitrogen and oxygen atoms in total. The molecule has 28 heavy (non-hydrogen) atoms. The zero-order valence-electron chi connectivity index (χ0n) is 15.1. The van der Waals surface area contributed by atoms with Gasteiger partial charge in [-0.1, -0.05) is 60.7 Å². The number of hydrogen-bond acceptors (Lipinski definition) is 4. The van der Waals surface area contributed by atoms with Gasteiger partial charge in [-0.3, -0.25) is 0 Å². The minimum absolute atomic E-state index is 0.160. The molecule has 144 valence electrons. The van der Waals surface area contributed by atoms with E-state index in [4.69, 9.17) is 0 Å². The molecule has 0 aromatic heterocycles. The van der Waals surface area contributed by atoms with Crippen LogP contribution >= 0.6 is 0 Å². The van der Waals surface area contributed by atoms with E-state index in [1.54, 1.807) is 36.4 Å². The normalized spacial score (nSPS) is 19.7. The molecule has 0 N–H and O–H groups in total. The molecule has 4 rings (SSSR count). The largest absolute Gasteiger partial charge is 0.223 e. The van der Waals surface area contributed by atoms with E-state index in [1.165, 1.54) is 24.3 Å². The summed E-state index contributed by atoms with van der Waals surface area (Å²) in [5.74, 6) is 0. The second kappa shape index (κ2) is 7.18. The van der Waals surface area contributed by atoms with E-state index in [0.29, 0.717) is 0 Å². The van der Waals surface area contributed by atoms with Gasteiger partial charge in [-0.25, -0.2) is 16.8 Å². The first kappa shape index (κ1) is 18.9. The Bertz CT molecular complexity index is 1090. The van der Waals surface area contributed by atoms with Crippen LogP contribution in [0, 0.1) is 0 Å². The highest BCUT2D eigenvalue weighted by molar-refractivity contribution is 7.96. The van der Waals surface area contributed by atoms with Gasteiger partial charge in [0.25, 0.3) is 0 Å². The Balaban J connectivity index is 1.87. The summed E-state index contributed by atoms with van der Waals surface area (Å²) in [6.45, 7) is 0. The maximum Gasteiger partial charge on any atom is 0.182 e. The van der Waals surface area contributed by atoms with Crippen LogP contribution in [0.4, 0.5) is 0 Å². The van der Waals surface area contributed by atoms with E-state index in [2.05, 4.69) is 0 Å². The second-order valence-corrected chi connectivity index (χ2v) is 11.3. The van der Waals surface area contributed by atoms with Crippen molar-refractivity contribution in [2.45, 2.75) is 33.1 Å². The average Bonchev–Trinajstić information content (AvgIpc) is 2.74. The number of sulfone groups is 2. The fourth-order valence-corrected chi connectivity index (χ4v) is 8.28. The first-order chi connectivity index (χ1) is 13.4. The van der Waals surface area contributed by atoms with Gasteiger partial charge in [0.15, 0.2) is 19.7 Å². The topological polar surface area (TPSA) is 68.3 Å². The van der Waals surface area contributed by atoms with Crippen molar-refractivity contribution < 1.29 is 16.8 Å². The molecule has 6 heteroatoms. The molecule has 0 saturated heterocycles. The van der Waals surface area contributed by atoms with Crippen molar-refractivity contribution in [3.8, 4) is 0 Å². The highest BCUT2D eigenvalue weighted by atomic mass is 32.2. The summed E-state index contributed by atoms with van der Waals surface area (Å²) >= 11 is 0. The van der Waals surface area contributed by atoms with Gasteiger partial charge in [-0.2, -0.15) is 0 Å². The predicted molar refractivity (Wildman–Crippen MR) is 109 cm³/mol. The molecule has 3 aromatic rings. The third kappa shape index (κ3) is 3.27. The van der Waals surface area contributed by atoms with Gasteiger partial charge in [0.1, 0.15) is 0 Å². The monoisotopic (exact) mass is 412 g/mol. The first-order valence-electron chi connectivity index (χ1n) is 9.05. The highest BCUT2D eigenvalue weighted by Gasteiger charge is 2.45. The Kier molecular flexibility index (Phi) is 4.85. The van der Waals surface area contributed by atoms with Crippen molar-refractivity contribution in [2.75, 3.05) is 0 Å². The zero-order valence-corrected chi connectivity index (χ0v) is 16.7. The maximum atomic E-state index is 13.4. The SMILES string of the molecule is O=S(=O)(c1ccccc1)[C@@H]1Cc2ccccc2C[C@H]1S(=O)(=O)c1ccccc1. The van der Waals surface area contributed by atoms with Crippen LogP contribution in [0.5, 0.6) is 0 Å². The van der Waals surface area contributed by atoms with Crippen molar-refractivity contribution in [3.63, 3.8) is 0 Å². The molecule has 0 amide bonds. The molecule has 0 aliphatic heterocycles. The molecule has 0 saturated carbocycles. The lowest BCUT2D eigenvalue weighted by Crippen LogP contribution is -2.45. The molecule has 0 heterocycles. The van der Waals surface area contributed by atoms with Gasteiger partial charge < -0.3 is 0 Å². The van der Waals surface area contributed by atoms with E-state index < -0.39 is 30.2 Å². The number of rotatable bonds is 4. The predicted octanol–water partition coefficient (Wildman–Crippen LogP) is 3.47. The van der Waals surface area contributed by atoms with Gasteiger partial charge in [0.05, 0.1) is 20.3 Å². The molecule has 3 aromatic carbocycles. The number of hydrogen-bond donors (Lipinski definition) is 0. The van der Waals surface area contributed by atoms with Crippen LogP contribution < -0.4 is 0 Å². The van der Waals surface area contributed by atoms with E-state index >= 15 is 0 Å². The lowest BCUT2D eigenvalue weighted by molar-refractivity contribution is 0.537. The van der Waals surface area contributed by atoms with Crippen LogP contribution in [-0.4, -0.2) is 27.3 Å². The average molecular weight is 413 g/mol. The Hall–Kier alpha value is -2.44. The van der Waals surface area contributed by atoms with Gasteiger partial charge >= 0.3 is 0 Å².